The number of hydrogen-bond acceptors (Lipinski definition) is 6. The Labute approximate surface area is 112 Å². The zero-order valence-corrected chi connectivity index (χ0v) is 11.6. The number of hydrogen-bond donors (Lipinski definition) is 0. The first-order valence-electron chi connectivity index (χ1n) is 6.54. The Morgan fingerprint density at radius 2 is 1.63 bits per heavy atom. The first-order chi connectivity index (χ1) is 8.81. The van der Waals surface area contributed by atoms with Crippen molar-refractivity contribution in [2.45, 2.75) is 69.8 Å². The molecule has 0 aromatic heterocycles. The lowest BCUT2D eigenvalue weighted by Crippen LogP contribution is -2.40. The van der Waals surface area contributed by atoms with E-state index >= 15 is 0 Å². The summed E-state index contributed by atoms with van der Waals surface area (Å²) >= 11 is 0. The average Bonchev–Trinajstić information content (AvgIpc) is 2.89. The minimum atomic E-state index is -0.693. The molecule has 6 heteroatoms. The van der Waals surface area contributed by atoms with Crippen LogP contribution >= 0.6 is 0 Å². The molecule has 0 radical (unpaired) electrons. The van der Waals surface area contributed by atoms with E-state index in [0.717, 1.165) is 0 Å². The molecule has 0 aromatic rings. The molecule has 3 aliphatic rings. The van der Waals surface area contributed by atoms with E-state index < -0.39 is 17.7 Å². The fourth-order valence-corrected chi connectivity index (χ4v) is 2.91. The summed E-state index contributed by atoms with van der Waals surface area (Å²) in [5.74, 6) is -1.31. The van der Waals surface area contributed by atoms with Crippen molar-refractivity contribution >= 4 is 0 Å². The molecule has 3 fully saturated rings. The lowest BCUT2D eigenvalue weighted by molar-refractivity contribution is -0.201. The highest BCUT2D eigenvalue weighted by Crippen LogP contribution is 2.41. The topological polar surface area (TPSA) is 69.9 Å². The van der Waals surface area contributed by atoms with Crippen LogP contribution in [0.4, 0.5) is 0 Å². The molecule has 19 heavy (non-hydrogen) atoms. The normalized spacial score (nSPS) is 47.0. The Kier molecular flexibility index (Phi) is 2.89. The van der Waals surface area contributed by atoms with Crippen molar-refractivity contribution in [1.82, 2.24) is 0 Å². The third-order valence-corrected chi connectivity index (χ3v) is 3.61. The number of fused-ring (bicyclic) bond motifs is 1. The van der Waals surface area contributed by atoms with E-state index in [-0.39, 0.29) is 24.4 Å². The fourth-order valence-electron chi connectivity index (χ4n) is 2.91. The molecule has 0 aliphatic carbocycles. The van der Waals surface area contributed by atoms with Crippen LogP contribution in [-0.2, 0) is 23.7 Å². The Balaban J connectivity index is 1.78. The lowest BCUT2D eigenvalue weighted by atomic mass is 10.0. The van der Waals surface area contributed by atoms with Gasteiger partial charge >= 0.3 is 0 Å². The van der Waals surface area contributed by atoms with Gasteiger partial charge in [-0.15, -0.1) is 0 Å². The van der Waals surface area contributed by atoms with Crippen LogP contribution in [0.2, 0.25) is 0 Å². The van der Waals surface area contributed by atoms with Gasteiger partial charge in [-0.05, 0) is 27.7 Å². The molecule has 3 heterocycles. The maximum atomic E-state index is 9.16. The molecule has 0 unspecified atom stereocenters. The Morgan fingerprint density at radius 3 is 2.21 bits per heavy atom. The van der Waals surface area contributed by atoms with E-state index in [1.807, 2.05) is 27.7 Å². The third-order valence-electron chi connectivity index (χ3n) is 3.61. The summed E-state index contributed by atoms with van der Waals surface area (Å²) < 4.78 is 28.7. The standard InChI is InChI=1S/C13H19NO5/c1-12(2)15-6-8(17-12)9-11-10(7(5-14)16-9)18-13(3,4)19-11/h7-11H,6H2,1-4H3/t7-,8-,9-,10-,11+/m1/s1. The largest absolute Gasteiger partial charge is 0.352 e. The minimum Gasteiger partial charge on any atom is -0.352 e. The Morgan fingerprint density at radius 1 is 0.947 bits per heavy atom. The Bertz CT molecular complexity index is 416. The Hall–Kier alpha value is -0.710. The van der Waals surface area contributed by atoms with E-state index in [9.17, 15) is 0 Å². The summed E-state index contributed by atoms with van der Waals surface area (Å²) in [5.41, 5.74) is 0. The van der Waals surface area contributed by atoms with E-state index in [2.05, 4.69) is 6.07 Å². The van der Waals surface area contributed by atoms with E-state index in [4.69, 9.17) is 28.9 Å². The van der Waals surface area contributed by atoms with Crippen LogP contribution in [0.25, 0.3) is 0 Å². The van der Waals surface area contributed by atoms with Crippen LogP contribution in [0, 0.1) is 11.3 Å². The van der Waals surface area contributed by atoms with E-state index in [1.54, 1.807) is 0 Å². The highest BCUT2D eigenvalue weighted by Gasteiger charge is 2.59. The zero-order valence-electron chi connectivity index (χ0n) is 11.6. The van der Waals surface area contributed by atoms with Crippen LogP contribution in [0.3, 0.4) is 0 Å². The van der Waals surface area contributed by atoms with Gasteiger partial charge in [0, 0.05) is 0 Å². The van der Waals surface area contributed by atoms with Crippen LogP contribution in [0.5, 0.6) is 0 Å². The number of nitrogens with zero attached hydrogens (tertiary/aromatic N) is 1. The van der Waals surface area contributed by atoms with Gasteiger partial charge in [-0.1, -0.05) is 0 Å². The second-order valence-corrected chi connectivity index (χ2v) is 6.08. The summed E-state index contributed by atoms with van der Waals surface area (Å²) in [6.45, 7) is 7.83. The molecule has 0 amide bonds. The van der Waals surface area contributed by atoms with Gasteiger partial charge in [-0.3, -0.25) is 0 Å². The van der Waals surface area contributed by atoms with Crippen LogP contribution < -0.4 is 0 Å². The summed E-state index contributed by atoms with van der Waals surface area (Å²) in [7, 11) is 0. The average molecular weight is 269 g/mol. The molecule has 0 N–H and O–H groups in total. The van der Waals surface area contributed by atoms with Gasteiger partial charge in [0.15, 0.2) is 17.7 Å². The molecule has 0 bridgehead atoms. The van der Waals surface area contributed by atoms with Crippen molar-refractivity contribution in [3.05, 3.63) is 0 Å². The molecular formula is C13H19NO5. The van der Waals surface area contributed by atoms with E-state index in [0.29, 0.717) is 6.61 Å². The van der Waals surface area contributed by atoms with Crippen molar-refractivity contribution in [3.8, 4) is 6.07 Å². The lowest BCUT2D eigenvalue weighted by Gasteiger charge is -2.26. The zero-order chi connectivity index (χ0) is 13.8. The first-order valence-corrected chi connectivity index (χ1v) is 6.54. The molecule has 5 atom stereocenters. The predicted octanol–water partition coefficient (Wildman–Crippen LogP) is 0.949. The highest BCUT2D eigenvalue weighted by atomic mass is 16.8. The molecule has 3 saturated heterocycles. The smallest absolute Gasteiger partial charge is 0.173 e. The number of nitriles is 1. The van der Waals surface area contributed by atoms with Crippen LogP contribution in [0.1, 0.15) is 27.7 Å². The third kappa shape index (κ3) is 2.26. The van der Waals surface area contributed by atoms with Gasteiger partial charge in [0.05, 0.1) is 12.7 Å². The number of rotatable bonds is 1. The summed E-state index contributed by atoms with van der Waals surface area (Å²) in [6.07, 6.45) is -1.85. The summed E-state index contributed by atoms with van der Waals surface area (Å²) in [5, 5.41) is 9.16. The number of ether oxygens (including phenoxy) is 5. The first kappa shape index (κ1) is 13.3. The maximum Gasteiger partial charge on any atom is 0.173 e. The van der Waals surface area contributed by atoms with Crippen molar-refractivity contribution < 1.29 is 23.7 Å². The van der Waals surface area contributed by atoms with E-state index in [1.165, 1.54) is 0 Å². The molecule has 0 aromatic carbocycles. The van der Waals surface area contributed by atoms with Gasteiger partial charge in [0.1, 0.15) is 24.4 Å². The second kappa shape index (κ2) is 4.14. The molecular weight excluding hydrogens is 250 g/mol. The molecule has 0 saturated carbocycles. The van der Waals surface area contributed by atoms with Crippen molar-refractivity contribution in [2.75, 3.05) is 6.61 Å². The SMILES string of the molecule is CC1(C)O[C@@H]2[C@H](O1)[C@@H](C#N)O[C@@H]2[C@H]1COC(C)(C)O1. The fraction of sp³-hybridized carbons (Fsp3) is 0.923. The van der Waals surface area contributed by atoms with Gasteiger partial charge < -0.3 is 23.7 Å². The minimum absolute atomic E-state index is 0.238. The van der Waals surface area contributed by atoms with Crippen molar-refractivity contribution in [2.24, 2.45) is 0 Å². The van der Waals surface area contributed by atoms with Crippen molar-refractivity contribution in [1.29, 1.82) is 5.26 Å². The quantitative estimate of drug-likeness (QED) is 0.706. The monoisotopic (exact) mass is 269 g/mol. The molecule has 106 valence electrons. The molecule has 3 rings (SSSR count). The van der Waals surface area contributed by atoms with Gasteiger partial charge in [0.2, 0.25) is 0 Å². The predicted molar refractivity (Wildman–Crippen MR) is 63.0 cm³/mol. The second-order valence-electron chi connectivity index (χ2n) is 6.08. The van der Waals surface area contributed by atoms with Gasteiger partial charge in [-0.2, -0.15) is 5.26 Å². The van der Waals surface area contributed by atoms with Gasteiger partial charge in [0.25, 0.3) is 0 Å². The molecule has 6 nitrogen and oxygen atoms in total. The van der Waals surface area contributed by atoms with Crippen LogP contribution in [0.15, 0.2) is 0 Å². The van der Waals surface area contributed by atoms with Crippen LogP contribution in [-0.4, -0.2) is 48.7 Å². The molecule has 0 spiro atoms. The van der Waals surface area contributed by atoms with Gasteiger partial charge in [-0.25, -0.2) is 0 Å². The maximum absolute atomic E-state index is 9.16. The summed E-state index contributed by atoms with van der Waals surface area (Å²) in [4.78, 5) is 0. The van der Waals surface area contributed by atoms with Crippen molar-refractivity contribution in [3.63, 3.8) is 0 Å². The summed E-state index contributed by atoms with van der Waals surface area (Å²) in [6, 6.07) is 2.12. The molecule has 3 aliphatic heterocycles. The highest BCUT2D eigenvalue weighted by molar-refractivity contribution is 5.08.